The molecule has 1 heterocycles. The molecule has 3 unspecified atom stereocenters. The van der Waals surface area contributed by atoms with Gasteiger partial charge in [0.25, 0.3) is 0 Å². The Balaban J connectivity index is 1.59. The van der Waals surface area contributed by atoms with Gasteiger partial charge in [-0.25, -0.2) is 0 Å². The van der Waals surface area contributed by atoms with Crippen LogP contribution in [-0.4, -0.2) is 11.0 Å². The Bertz CT molecular complexity index is 375. The Morgan fingerprint density at radius 3 is 3.00 bits per heavy atom. The molecule has 2 aliphatic carbocycles. The molecule has 1 N–H and O–H groups in total. The Hall–Kier alpha value is -0.890. The summed E-state index contributed by atoms with van der Waals surface area (Å²) in [5.74, 6) is 1.99. The van der Waals surface area contributed by atoms with Crippen LogP contribution < -0.4 is 5.32 Å². The van der Waals surface area contributed by atoms with Gasteiger partial charge in [0.15, 0.2) is 0 Å². The fraction of sp³-hybridized carbons (Fsp3) is 0.643. The molecule has 3 rings (SSSR count). The third kappa shape index (κ3) is 1.86. The lowest BCUT2D eigenvalue weighted by Crippen LogP contribution is -2.33. The summed E-state index contributed by atoms with van der Waals surface area (Å²) in [7, 11) is 0. The molecule has 2 fully saturated rings. The molecule has 86 valence electrons. The van der Waals surface area contributed by atoms with E-state index in [4.69, 9.17) is 0 Å². The quantitative estimate of drug-likeness (QED) is 0.840. The predicted octanol–water partition coefficient (Wildman–Crippen LogP) is 2.67. The summed E-state index contributed by atoms with van der Waals surface area (Å²) in [6.45, 7) is 3.16. The van der Waals surface area contributed by atoms with Gasteiger partial charge in [0.05, 0.1) is 0 Å². The SMILES string of the molecule is Cc1ccncc1CNC1CC2CCC1C2. The number of nitrogens with one attached hydrogen (secondary N) is 1. The fourth-order valence-electron chi connectivity index (χ4n) is 3.42. The molecule has 3 atom stereocenters. The van der Waals surface area contributed by atoms with Gasteiger partial charge < -0.3 is 5.32 Å². The van der Waals surface area contributed by atoms with Crippen molar-refractivity contribution in [3.63, 3.8) is 0 Å². The number of hydrogen-bond acceptors (Lipinski definition) is 2. The molecule has 2 saturated carbocycles. The molecule has 1 aromatic heterocycles. The van der Waals surface area contributed by atoms with Crippen LogP contribution in [0.5, 0.6) is 0 Å². The highest BCUT2D eigenvalue weighted by Gasteiger charge is 2.38. The van der Waals surface area contributed by atoms with Gasteiger partial charge in [-0.1, -0.05) is 6.42 Å². The van der Waals surface area contributed by atoms with E-state index in [9.17, 15) is 0 Å². The van der Waals surface area contributed by atoms with Gasteiger partial charge in [-0.05, 0) is 55.2 Å². The summed E-state index contributed by atoms with van der Waals surface area (Å²) >= 11 is 0. The van der Waals surface area contributed by atoms with E-state index in [1.165, 1.54) is 36.8 Å². The normalized spacial score (nSPS) is 32.2. The molecule has 0 radical (unpaired) electrons. The van der Waals surface area contributed by atoms with Crippen molar-refractivity contribution in [1.82, 2.24) is 10.3 Å². The first-order valence-electron chi connectivity index (χ1n) is 6.46. The summed E-state index contributed by atoms with van der Waals surface area (Å²) < 4.78 is 0. The molecule has 0 aromatic carbocycles. The molecular formula is C14H20N2. The zero-order chi connectivity index (χ0) is 11.0. The van der Waals surface area contributed by atoms with Crippen LogP contribution >= 0.6 is 0 Å². The predicted molar refractivity (Wildman–Crippen MR) is 65.0 cm³/mol. The molecule has 2 aliphatic rings. The summed E-state index contributed by atoms with van der Waals surface area (Å²) in [6, 6.07) is 2.87. The average Bonchev–Trinajstić information content (AvgIpc) is 2.90. The molecule has 2 bridgehead atoms. The third-order valence-corrected chi connectivity index (χ3v) is 4.44. The second-order valence-electron chi connectivity index (χ2n) is 5.46. The Morgan fingerprint density at radius 2 is 2.31 bits per heavy atom. The second kappa shape index (κ2) is 4.17. The van der Waals surface area contributed by atoms with Crippen LogP contribution in [0.1, 0.15) is 36.8 Å². The summed E-state index contributed by atoms with van der Waals surface area (Å²) in [4.78, 5) is 4.20. The molecular weight excluding hydrogens is 196 g/mol. The first kappa shape index (κ1) is 10.3. The van der Waals surface area contributed by atoms with Crippen LogP contribution in [-0.2, 0) is 6.54 Å². The second-order valence-corrected chi connectivity index (χ2v) is 5.46. The van der Waals surface area contributed by atoms with E-state index in [0.717, 1.165) is 24.4 Å². The highest BCUT2D eigenvalue weighted by atomic mass is 14.9. The highest BCUT2D eigenvalue weighted by molar-refractivity contribution is 5.21. The minimum Gasteiger partial charge on any atom is -0.310 e. The van der Waals surface area contributed by atoms with Crippen molar-refractivity contribution in [1.29, 1.82) is 0 Å². The highest BCUT2D eigenvalue weighted by Crippen LogP contribution is 2.44. The van der Waals surface area contributed by atoms with Crippen LogP contribution in [0.25, 0.3) is 0 Å². The number of aromatic nitrogens is 1. The smallest absolute Gasteiger partial charge is 0.0315 e. The van der Waals surface area contributed by atoms with Crippen molar-refractivity contribution in [2.45, 2.75) is 45.2 Å². The lowest BCUT2D eigenvalue weighted by Gasteiger charge is -2.23. The molecule has 0 aliphatic heterocycles. The third-order valence-electron chi connectivity index (χ3n) is 4.44. The van der Waals surface area contributed by atoms with E-state index in [0.29, 0.717) is 0 Å². The van der Waals surface area contributed by atoms with Crippen molar-refractivity contribution >= 4 is 0 Å². The Morgan fingerprint density at radius 1 is 1.38 bits per heavy atom. The van der Waals surface area contributed by atoms with Gasteiger partial charge in [-0.15, -0.1) is 0 Å². The topological polar surface area (TPSA) is 24.9 Å². The number of nitrogens with zero attached hydrogens (tertiary/aromatic N) is 1. The van der Waals surface area contributed by atoms with Crippen molar-refractivity contribution in [3.8, 4) is 0 Å². The van der Waals surface area contributed by atoms with E-state index in [1.54, 1.807) is 0 Å². The van der Waals surface area contributed by atoms with Gasteiger partial charge >= 0.3 is 0 Å². The maximum absolute atomic E-state index is 4.20. The summed E-state index contributed by atoms with van der Waals surface area (Å²) in [5.41, 5.74) is 2.70. The zero-order valence-electron chi connectivity index (χ0n) is 9.95. The van der Waals surface area contributed by atoms with Crippen molar-refractivity contribution in [2.24, 2.45) is 11.8 Å². The molecule has 0 amide bonds. The van der Waals surface area contributed by atoms with Crippen molar-refractivity contribution < 1.29 is 0 Å². The number of aryl methyl sites for hydroxylation is 1. The van der Waals surface area contributed by atoms with Crippen molar-refractivity contribution in [2.75, 3.05) is 0 Å². The van der Waals surface area contributed by atoms with E-state index < -0.39 is 0 Å². The van der Waals surface area contributed by atoms with Crippen LogP contribution in [0.3, 0.4) is 0 Å². The maximum atomic E-state index is 4.20. The van der Waals surface area contributed by atoms with Crippen LogP contribution in [0.15, 0.2) is 18.5 Å². The van der Waals surface area contributed by atoms with E-state index in [-0.39, 0.29) is 0 Å². The number of rotatable bonds is 3. The standard InChI is InChI=1S/C14H20N2/c1-10-4-5-15-8-13(10)9-16-14-7-11-2-3-12(14)6-11/h4-5,8,11-12,14,16H,2-3,6-7,9H2,1H3. The lowest BCUT2D eigenvalue weighted by molar-refractivity contribution is 0.350. The zero-order valence-corrected chi connectivity index (χ0v) is 9.95. The van der Waals surface area contributed by atoms with Gasteiger partial charge in [0.1, 0.15) is 0 Å². The number of hydrogen-bond donors (Lipinski definition) is 1. The monoisotopic (exact) mass is 216 g/mol. The summed E-state index contributed by atoms with van der Waals surface area (Å²) in [6.07, 6.45) is 9.68. The van der Waals surface area contributed by atoms with Crippen LogP contribution in [0, 0.1) is 18.8 Å². The fourth-order valence-corrected chi connectivity index (χ4v) is 3.42. The number of fused-ring (bicyclic) bond motifs is 2. The van der Waals surface area contributed by atoms with Gasteiger partial charge in [-0.2, -0.15) is 0 Å². The van der Waals surface area contributed by atoms with E-state index >= 15 is 0 Å². The van der Waals surface area contributed by atoms with E-state index in [2.05, 4.69) is 23.3 Å². The van der Waals surface area contributed by atoms with Gasteiger partial charge in [-0.3, -0.25) is 4.98 Å². The molecule has 1 aromatic rings. The first-order chi connectivity index (χ1) is 7.83. The lowest BCUT2D eigenvalue weighted by atomic mass is 9.95. The van der Waals surface area contributed by atoms with E-state index in [1.807, 2.05) is 12.4 Å². The maximum Gasteiger partial charge on any atom is 0.0315 e. The minimum absolute atomic E-state index is 0.776. The van der Waals surface area contributed by atoms with Crippen LogP contribution in [0.4, 0.5) is 0 Å². The van der Waals surface area contributed by atoms with Crippen LogP contribution in [0.2, 0.25) is 0 Å². The Labute approximate surface area is 97.5 Å². The molecule has 0 spiro atoms. The Kier molecular flexibility index (Phi) is 2.68. The molecule has 0 saturated heterocycles. The van der Waals surface area contributed by atoms with Gasteiger partial charge in [0, 0.05) is 25.0 Å². The van der Waals surface area contributed by atoms with Crippen molar-refractivity contribution in [3.05, 3.63) is 29.6 Å². The van der Waals surface area contributed by atoms with Gasteiger partial charge in [0.2, 0.25) is 0 Å². The molecule has 2 nitrogen and oxygen atoms in total. The minimum atomic E-state index is 0.776. The largest absolute Gasteiger partial charge is 0.310 e. The number of pyridine rings is 1. The summed E-state index contributed by atoms with van der Waals surface area (Å²) in [5, 5.41) is 3.73. The first-order valence-corrected chi connectivity index (χ1v) is 6.46. The molecule has 16 heavy (non-hydrogen) atoms. The average molecular weight is 216 g/mol. The molecule has 2 heteroatoms.